The number of carbonyl (C=O) groups excluding carboxylic acids is 1. The lowest BCUT2D eigenvalue weighted by atomic mass is 10.1. The first-order valence-corrected chi connectivity index (χ1v) is 8.59. The number of methoxy groups -OCH3 is 1. The number of allylic oxidation sites excluding steroid dienone is 1. The Morgan fingerprint density at radius 1 is 1.08 bits per heavy atom. The summed E-state index contributed by atoms with van der Waals surface area (Å²) in [7, 11) is 3.41. The van der Waals surface area contributed by atoms with E-state index in [1.807, 2.05) is 19.2 Å². The van der Waals surface area contributed by atoms with E-state index in [1.54, 1.807) is 54.3 Å². The van der Waals surface area contributed by atoms with Crippen molar-refractivity contribution in [3.63, 3.8) is 0 Å². The van der Waals surface area contributed by atoms with Crippen LogP contribution in [0.2, 0.25) is 10.0 Å². The first kappa shape index (κ1) is 18.2. The fourth-order valence-electron chi connectivity index (χ4n) is 2.45. The van der Waals surface area contributed by atoms with Crippen LogP contribution in [0.1, 0.15) is 16.1 Å². The zero-order valence-corrected chi connectivity index (χ0v) is 15.8. The van der Waals surface area contributed by atoms with Gasteiger partial charge in [0.25, 0.3) is 0 Å². The number of halogens is 2. The molecule has 0 spiro atoms. The molecular weight excluding hydrogens is 371 g/mol. The van der Waals surface area contributed by atoms with Crippen LogP contribution in [0.25, 0.3) is 17.3 Å². The second kappa shape index (κ2) is 7.77. The predicted molar refractivity (Wildman–Crippen MR) is 105 cm³/mol. The molecular formula is C20H16Cl2N2O2. The second-order valence-electron chi connectivity index (χ2n) is 5.63. The third-order valence-electron chi connectivity index (χ3n) is 3.91. The molecule has 0 N–H and O–H groups in total. The number of benzene rings is 2. The van der Waals surface area contributed by atoms with Gasteiger partial charge in [0.15, 0.2) is 5.78 Å². The summed E-state index contributed by atoms with van der Waals surface area (Å²) in [6.45, 7) is 0. The molecule has 0 bridgehead atoms. The van der Waals surface area contributed by atoms with Crippen molar-refractivity contribution < 1.29 is 9.53 Å². The van der Waals surface area contributed by atoms with E-state index in [0.717, 1.165) is 17.0 Å². The third kappa shape index (κ3) is 3.98. The predicted octanol–water partition coefficient (Wildman–Crippen LogP) is 5.30. The number of rotatable bonds is 5. The molecule has 0 unspecified atom stereocenters. The van der Waals surface area contributed by atoms with Gasteiger partial charge in [-0.05, 0) is 54.6 Å². The monoisotopic (exact) mass is 386 g/mol. The van der Waals surface area contributed by atoms with Crippen molar-refractivity contribution in [1.29, 1.82) is 0 Å². The van der Waals surface area contributed by atoms with Crippen molar-refractivity contribution in [3.8, 4) is 17.0 Å². The van der Waals surface area contributed by atoms with Crippen LogP contribution in [0.15, 0.2) is 54.6 Å². The zero-order valence-electron chi connectivity index (χ0n) is 14.2. The largest absolute Gasteiger partial charge is 0.497 e. The van der Waals surface area contributed by atoms with Crippen LogP contribution in [0.3, 0.4) is 0 Å². The summed E-state index contributed by atoms with van der Waals surface area (Å²) in [5.41, 5.74) is 3.00. The molecule has 1 heterocycles. The Morgan fingerprint density at radius 2 is 1.81 bits per heavy atom. The molecule has 0 aliphatic rings. The van der Waals surface area contributed by atoms with Gasteiger partial charge in [-0.3, -0.25) is 9.48 Å². The van der Waals surface area contributed by atoms with Crippen LogP contribution >= 0.6 is 23.2 Å². The summed E-state index contributed by atoms with van der Waals surface area (Å²) in [6, 6.07) is 14.2. The number of aryl methyl sites for hydroxylation is 1. The average Bonchev–Trinajstić information content (AvgIpc) is 3.02. The minimum atomic E-state index is -0.0926. The Hall–Kier alpha value is -2.56. The van der Waals surface area contributed by atoms with Crippen molar-refractivity contribution in [1.82, 2.24) is 9.78 Å². The highest BCUT2D eigenvalue weighted by Gasteiger charge is 2.08. The van der Waals surface area contributed by atoms with Crippen LogP contribution in [0.4, 0.5) is 0 Å². The molecule has 0 fully saturated rings. The Balaban J connectivity index is 1.81. The normalized spacial score (nSPS) is 11.1. The number of hydrogen-bond acceptors (Lipinski definition) is 3. The molecule has 4 nitrogen and oxygen atoms in total. The second-order valence-corrected chi connectivity index (χ2v) is 6.45. The maximum atomic E-state index is 12.3. The highest BCUT2D eigenvalue weighted by Crippen LogP contribution is 2.28. The molecule has 26 heavy (non-hydrogen) atoms. The maximum absolute atomic E-state index is 12.3. The number of aromatic nitrogens is 2. The molecule has 0 aliphatic carbocycles. The lowest BCUT2D eigenvalue weighted by molar-refractivity contribution is 0.104. The topological polar surface area (TPSA) is 44.1 Å². The fraction of sp³-hybridized carbons (Fsp3) is 0.100. The minimum absolute atomic E-state index is 0.0926. The molecule has 1 aromatic heterocycles. The first-order valence-electron chi connectivity index (χ1n) is 7.84. The maximum Gasteiger partial charge on any atom is 0.185 e. The molecule has 0 atom stereocenters. The summed E-state index contributed by atoms with van der Waals surface area (Å²) in [4.78, 5) is 12.3. The molecule has 0 saturated carbocycles. The summed E-state index contributed by atoms with van der Waals surface area (Å²) < 4.78 is 6.80. The third-order valence-corrected chi connectivity index (χ3v) is 4.65. The zero-order chi connectivity index (χ0) is 18.7. The molecule has 6 heteroatoms. The van der Waals surface area contributed by atoms with Gasteiger partial charge in [-0.1, -0.05) is 29.3 Å². The summed E-state index contributed by atoms with van der Waals surface area (Å²) in [6.07, 6.45) is 3.26. The fourth-order valence-corrected chi connectivity index (χ4v) is 2.74. The van der Waals surface area contributed by atoms with Gasteiger partial charge in [0, 0.05) is 18.2 Å². The first-order chi connectivity index (χ1) is 12.5. The van der Waals surface area contributed by atoms with Gasteiger partial charge in [-0.2, -0.15) is 5.10 Å². The number of carbonyl (C=O) groups is 1. The van der Waals surface area contributed by atoms with Gasteiger partial charge < -0.3 is 4.74 Å². The minimum Gasteiger partial charge on any atom is -0.497 e. The van der Waals surface area contributed by atoms with Crippen LogP contribution in [0, 0.1) is 0 Å². The molecule has 0 aliphatic heterocycles. The summed E-state index contributed by atoms with van der Waals surface area (Å²) in [5, 5.41) is 5.43. The number of ether oxygens (including phenoxy) is 1. The number of nitrogens with zero attached hydrogens (tertiary/aromatic N) is 2. The van der Waals surface area contributed by atoms with E-state index in [4.69, 9.17) is 27.9 Å². The van der Waals surface area contributed by atoms with Crippen molar-refractivity contribution >= 4 is 35.1 Å². The van der Waals surface area contributed by atoms with E-state index < -0.39 is 0 Å². The summed E-state index contributed by atoms with van der Waals surface area (Å²) in [5.74, 6) is 0.619. The Bertz CT molecular complexity index is 976. The van der Waals surface area contributed by atoms with Crippen molar-refractivity contribution in [2.24, 2.45) is 7.05 Å². The molecule has 3 aromatic rings. The molecule has 2 aromatic carbocycles. The van der Waals surface area contributed by atoms with E-state index in [-0.39, 0.29) is 5.78 Å². The lowest BCUT2D eigenvalue weighted by Crippen LogP contribution is -1.96. The Morgan fingerprint density at radius 3 is 2.46 bits per heavy atom. The van der Waals surface area contributed by atoms with E-state index in [2.05, 4.69) is 5.10 Å². The molecule has 3 rings (SSSR count). The van der Waals surface area contributed by atoms with Crippen molar-refractivity contribution in [2.75, 3.05) is 7.11 Å². The molecule has 0 saturated heterocycles. The van der Waals surface area contributed by atoms with Crippen molar-refractivity contribution in [3.05, 3.63) is 75.9 Å². The molecule has 132 valence electrons. The van der Waals surface area contributed by atoms with E-state index in [9.17, 15) is 4.79 Å². The number of ketones is 1. The summed E-state index contributed by atoms with van der Waals surface area (Å²) >= 11 is 12.0. The van der Waals surface area contributed by atoms with Gasteiger partial charge in [0.05, 0.1) is 28.5 Å². The van der Waals surface area contributed by atoms with E-state index >= 15 is 0 Å². The number of hydrogen-bond donors (Lipinski definition) is 0. The van der Waals surface area contributed by atoms with Gasteiger partial charge in [-0.15, -0.1) is 0 Å². The smallest absolute Gasteiger partial charge is 0.185 e. The van der Waals surface area contributed by atoms with Crippen LogP contribution in [-0.4, -0.2) is 22.7 Å². The quantitative estimate of drug-likeness (QED) is 0.441. The van der Waals surface area contributed by atoms with E-state index in [0.29, 0.717) is 21.4 Å². The van der Waals surface area contributed by atoms with Gasteiger partial charge in [0.2, 0.25) is 0 Å². The molecule has 0 amide bonds. The Kier molecular flexibility index (Phi) is 5.45. The highest BCUT2D eigenvalue weighted by molar-refractivity contribution is 6.42. The van der Waals surface area contributed by atoms with E-state index in [1.165, 1.54) is 6.08 Å². The van der Waals surface area contributed by atoms with Crippen LogP contribution in [0.5, 0.6) is 5.75 Å². The van der Waals surface area contributed by atoms with Gasteiger partial charge in [-0.25, -0.2) is 0 Å². The lowest BCUT2D eigenvalue weighted by Gasteiger charge is -2.00. The standard InChI is InChI=1S/C20H16Cl2N2O2/c1-24-15(6-10-20(25)13-3-7-16(26-2)8-4-13)12-19(23-24)14-5-9-17(21)18(22)11-14/h3-12H,1-2H3/b10-6+. The Labute approximate surface area is 161 Å². The SMILES string of the molecule is COc1ccc(C(=O)/C=C/c2cc(-c3ccc(Cl)c(Cl)c3)nn2C)cc1. The van der Waals surface area contributed by atoms with Crippen LogP contribution in [-0.2, 0) is 7.05 Å². The highest BCUT2D eigenvalue weighted by atomic mass is 35.5. The van der Waals surface area contributed by atoms with Crippen molar-refractivity contribution in [2.45, 2.75) is 0 Å². The average molecular weight is 387 g/mol. The molecule has 0 radical (unpaired) electrons. The van der Waals surface area contributed by atoms with Gasteiger partial charge >= 0.3 is 0 Å². The van der Waals surface area contributed by atoms with Gasteiger partial charge in [0.1, 0.15) is 5.75 Å². The van der Waals surface area contributed by atoms with Crippen LogP contribution < -0.4 is 4.74 Å².